The average molecular weight is 162 g/mol. The highest BCUT2D eigenvalue weighted by molar-refractivity contribution is 5.96. The second-order valence-corrected chi connectivity index (χ2v) is 2.99. The Labute approximate surface area is 72.8 Å². The normalized spacial score (nSPS) is 9.92. The van der Waals surface area contributed by atoms with Crippen molar-refractivity contribution in [1.29, 1.82) is 5.41 Å². The Bertz CT molecular complexity index is 332. The van der Waals surface area contributed by atoms with E-state index < -0.39 is 0 Å². The molecule has 2 heteroatoms. The maximum Gasteiger partial charge on any atom is 0.0625 e. The van der Waals surface area contributed by atoms with E-state index in [0.29, 0.717) is 5.71 Å². The zero-order valence-electron chi connectivity index (χ0n) is 7.78. The number of aromatic amines is 1. The van der Waals surface area contributed by atoms with E-state index in [0.717, 1.165) is 17.0 Å². The summed E-state index contributed by atoms with van der Waals surface area (Å²) in [6, 6.07) is 0. The first-order chi connectivity index (χ1) is 5.57. The molecule has 1 heterocycles. The van der Waals surface area contributed by atoms with Gasteiger partial charge in [0.15, 0.2) is 0 Å². The van der Waals surface area contributed by atoms with Gasteiger partial charge in [-0.3, -0.25) is 0 Å². The van der Waals surface area contributed by atoms with E-state index in [1.54, 1.807) is 13.0 Å². The van der Waals surface area contributed by atoms with Gasteiger partial charge in [-0.2, -0.15) is 0 Å². The number of aromatic nitrogens is 1. The molecule has 1 rings (SSSR count). The summed E-state index contributed by atoms with van der Waals surface area (Å²) in [4.78, 5) is 3.16. The highest BCUT2D eigenvalue weighted by Crippen LogP contribution is 2.18. The fourth-order valence-electron chi connectivity index (χ4n) is 1.29. The molecule has 0 bridgehead atoms. The van der Waals surface area contributed by atoms with Crippen LogP contribution in [0, 0.1) is 19.3 Å². The van der Waals surface area contributed by atoms with Crippen molar-refractivity contribution in [3.05, 3.63) is 29.1 Å². The maximum atomic E-state index is 7.50. The fourth-order valence-corrected chi connectivity index (χ4v) is 1.29. The molecular formula is C10H14N2. The molecule has 12 heavy (non-hydrogen) atoms. The van der Waals surface area contributed by atoms with Gasteiger partial charge in [0.05, 0.1) is 11.4 Å². The van der Waals surface area contributed by atoms with Crippen LogP contribution in [0.3, 0.4) is 0 Å². The van der Waals surface area contributed by atoms with Crippen molar-refractivity contribution in [3.8, 4) is 0 Å². The molecule has 0 aliphatic heterocycles. The lowest BCUT2D eigenvalue weighted by Crippen LogP contribution is -1.94. The SMILES string of the molecule is C=Cc1[nH]c(C(C)=N)c(C)c1C. The largest absolute Gasteiger partial charge is 0.354 e. The second kappa shape index (κ2) is 2.97. The van der Waals surface area contributed by atoms with Crippen molar-refractivity contribution in [3.63, 3.8) is 0 Å². The van der Waals surface area contributed by atoms with Crippen LogP contribution in [0.2, 0.25) is 0 Å². The first-order valence-corrected chi connectivity index (χ1v) is 3.95. The molecule has 1 aromatic rings. The van der Waals surface area contributed by atoms with Crippen molar-refractivity contribution in [1.82, 2.24) is 4.98 Å². The highest BCUT2D eigenvalue weighted by atomic mass is 14.7. The molecule has 64 valence electrons. The molecule has 0 unspecified atom stereocenters. The van der Waals surface area contributed by atoms with E-state index in [1.165, 1.54) is 5.56 Å². The molecule has 2 nitrogen and oxygen atoms in total. The Kier molecular flexibility index (Phi) is 2.18. The zero-order valence-corrected chi connectivity index (χ0v) is 7.78. The van der Waals surface area contributed by atoms with E-state index in [2.05, 4.69) is 11.6 Å². The molecule has 0 fully saturated rings. The van der Waals surface area contributed by atoms with Gasteiger partial charge in [-0.05, 0) is 38.0 Å². The number of hydrogen-bond acceptors (Lipinski definition) is 1. The Morgan fingerprint density at radius 3 is 2.25 bits per heavy atom. The Morgan fingerprint density at radius 1 is 1.42 bits per heavy atom. The summed E-state index contributed by atoms with van der Waals surface area (Å²) in [6.07, 6.45) is 1.79. The summed E-state index contributed by atoms with van der Waals surface area (Å²) >= 11 is 0. The molecule has 2 N–H and O–H groups in total. The minimum absolute atomic E-state index is 0.573. The minimum atomic E-state index is 0.573. The average Bonchev–Trinajstić information content (AvgIpc) is 2.30. The minimum Gasteiger partial charge on any atom is -0.354 e. The van der Waals surface area contributed by atoms with Crippen LogP contribution in [0.15, 0.2) is 6.58 Å². The quantitative estimate of drug-likeness (QED) is 0.628. The second-order valence-electron chi connectivity index (χ2n) is 2.99. The number of H-pyrrole nitrogens is 1. The molecule has 0 aromatic carbocycles. The predicted octanol–water partition coefficient (Wildman–Crippen LogP) is 2.66. The summed E-state index contributed by atoms with van der Waals surface area (Å²) in [5, 5.41) is 7.50. The van der Waals surface area contributed by atoms with Crippen molar-refractivity contribution < 1.29 is 0 Å². The monoisotopic (exact) mass is 162 g/mol. The summed E-state index contributed by atoms with van der Waals surface area (Å²) in [5.74, 6) is 0. The van der Waals surface area contributed by atoms with Gasteiger partial charge < -0.3 is 10.4 Å². The molecule has 0 spiro atoms. The van der Waals surface area contributed by atoms with Crippen LogP contribution >= 0.6 is 0 Å². The number of nitrogens with one attached hydrogen (secondary N) is 2. The molecule has 0 aliphatic carbocycles. The molecule has 0 atom stereocenters. The van der Waals surface area contributed by atoms with Gasteiger partial charge >= 0.3 is 0 Å². The van der Waals surface area contributed by atoms with Crippen LogP contribution < -0.4 is 0 Å². The summed E-state index contributed by atoms with van der Waals surface area (Å²) in [6.45, 7) is 9.54. The van der Waals surface area contributed by atoms with Crippen LogP contribution in [0.5, 0.6) is 0 Å². The summed E-state index contributed by atoms with van der Waals surface area (Å²) in [7, 11) is 0. The van der Waals surface area contributed by atoms with E-state index in [9.17, 15) is 0 Å². The third-order valence-corrected chi connectivity index (χ3v) is 2.18. The van der Waals surface area contributed by atoms with Crippen molar-refractivity contribution in [2.75, 3.05) is 0 Å². The van der Waals surface area contributed by atoms with Gasteiger partial charge in [-0.15, -0.1) is 0 Å². The van der Waals surface area contributed by atoms with Crippen molar-refractivity contribution >= 4 is 11.8 Å². The molecule has 1 aromatic heterocycles. The van der Waals surface area contributed by atoms with E-state index in [4.69, 9.17) is 5.41 Å². The van der Waals surface area contributed by atoms with E-state index >= 15 is 0 Å². The molecule has 0 amide bonds. The third kappa shape index (κ3) is 1.20. The zero-order chi connectivity index (χ0) is 9.30. The third-order valence-electron chi connectivity index (χ3n) is 2.18. The Hall–Kier alpha value is -1.31. The fraction of sp³-hybridized carbons (Fsp3) is 0.300. The van der Waals surface area contributed by atoms with Gasteiger partial charge in [0.2, 0.25) is 0 Å². The van der Waals surface area contributed by atoms with Gasteiger partial charge in [-0.1, -0.05) is 6.58 Å². The first-order valence-electron chi connectivity index (χ1n) is 3.95. The number of rotatable bonds is 2. The molecule has 0 saturated heterocycles. The van der Waals surface area contributed by atoms with Crippen molar-refractivity contribution in [2.24, 2.45) is 0 Å². The first kappa shape index (κ1) is 8.78. The van der Waals surface area contributed by atoms with Gasteiger partial charge in [0.1, 0.15) is 0 Å². The van der Waals surface area contributed by atoms with Gasteiger partial charge in [-0.25, -0.2) is 0 Å². The lowest BCUT2D eigenvalue weighted by Gasteiger charge is -1.94. The van der Waals surface area contributed by atoms with Crippen LogP contribution in [0.1, 0.15) is 29.4 Å². The molecular weight excluding hydrogens is 148 g/mol. The smallest absolute Gasteiger partial charge is 0.0625 e. The standard InChI is InChI=1S/C10H14N2/c1-5-9-6(2)7(3)10(12-9)8(4)11/h5,11-12H,1H2,2-4H3. The van der Waals surface area contributed by atoms with Gasteiger partial charge in [0, 0.05) is 5.69 Å². The highest BCUT2D eigenvalue weighted by Gasteiger charge is 2.08. The molecule has 0 saturated carbocycles. The molecule has 0 radical (unpaired) electrons. The van der Waals surface area contributed by atoms with E-state index in [1.807, 2.05) is 13.8 Å². The Balaban J connectivity index is 3.34. The van der Waals surface area contributed by atoms with Crippen LogP contribution in [0.25, 0.3) is 6.08 Å². The van der Waals surface area contributed by atoms with Gasteiger partial charge in [0.25, 0.3) is 0 Å². The van der Waals surface area contributed by atoms with E-state index in [-0.39, 0.29) is 0 Å². The number of hydrogen-bond donors (Lipinski definition) is 2. The Morgan fingerprint density at radius 2 is 2.00 bits per heavy atom. The predicted molar refractivity (Wildman–Crippen MR) is 52.9 cm³/mol. The lowest BCUT2D eigenvalue weighted by atomic mass is 10.1. The summed E-state index contributed by atoms with van der Waals surface area (Å²) < 4.78 is 0. The van der Waals surface area contributed by atoms with Crippen LogP contribution in [-0.4, -0.2) is 10.7 Å². The maximum absolute atomic E-state index is 7.50. The van der Waals surface area contributed by atoms with Crippen molar-refractivity contribution in [2.45, 2.75) is 20.8 Å². The summed E-state index contributed by atoms with van der Waals surface area (Å²) in [5.41, 5.74) is 4.85. The lowest BCUT2D eigenvalue weighted by molar-refractivity contribution is 1.29. The van der Waals surface area contributed by atoms with Crippen LogP contribution in [-0.2, 0) is 0 Å². The molecule has 0 aliphatic rings. The van der Waals surface area contributed by atoms with Crippen LogP contribution in [0.4, 0.5) is 0 Å². The topological polar surface area (TPSA) is 39.6 Å².